The first-order valence-corrected chi connectivity index (χ1v) is 11.6. The standard InChI is InChI=1S/C25H32Cl2N2O3/c1-6-21(24(31)28-7-2)29(15-17-12-13-19(26)20(27)14-17)23(30)16-32-22-11-9-8-10-18(22)25(3,4)5/h8-14,21H,6-7,15-16H2,1-5H3,(H,28,31). The summed E-state index contributed by atoms with van der Waals surface area (Å²) in [5.41, 5.74) is 1.66. The molecule has 0 aliphatic carbocycles. The number of halogens is 2. The number of likely N-dealkylation sites (N-methyl/N-ethyl adjacent to an activating group) is 1. The highest BCUT2D eigenvalue weighted by atomic mass is 35.5. The van der Waals surface area contributed by atoms with E-state index in [0.717, 1.165) is 11.1 Å². The lowest BCUT2D eigenvalue weighted by molar-refractivity contribution is -0.142. The second-order valence-corrected chi connectivity index (χ2v) is 9.44. The van der Waals surface area contributed by atoms with Crippen LogP contribution in [0.25, 0.3) is 0 Å². The number of para-hydroxylation sites is 1. The second-order valence-electron chi connectivity index (χ2n) is 8.62. The van der Waals surface area contributed by atoms with Crippen LogP contribution in [0.15, 0.2) is 42.5 Å². The molecule has 0 spiro atoms. The molecule has 0 saturated heterocycles. The lowest BCUT2D eigenvalue weighted by atomic mass is 9.86. The number of carbonyl (C=O) groups is 2. The average molecular weight is 479 g/mol. The molecule has 2 rings (SSSR count). The van der Waals surface area contributed by atoms with Crippen LogP contribution < -0.4 is 10.1 Å². The fraction of sp³-hybridized carbons (Fsp3) is 0.440. The first-order valence-electron chi connectivity index (χ1n) is 10.8. The van der Waals surface area contributed by atoms with Gasteiger partial charge in [0.15, 0.2) is 6.61 Å². The van der Waals surface area contributed by atoms with Crippen molar-refractivity contribution >= 4 is 35.0 Å². The van der Waals surface area contributed by atoms with Crippen LogP contribution in [0.4, 0.5) is 0 Å². The quantitative estimate of drug-likeness (QED) is 0.509. The maximum atomic E-state index is 13.3. The fourth-order valence-corrected chi connectivity index (χ4v) is 3.80. The zero-order valence-corrected chi connectivity index (χ0v) is 20.9. The van der Waals surface area contributed by atoms with E-state index in [1.54, 1.807) is 23.1 Å². The van der Waals surface area contributed by atoms with Gasteiger partial charge in [-0.05, 0) is 48.1 Å². The van der Waals surface area contributed by atoms with Crippen LogP contribution in [0.2, 0.25) is 10.0 Å². The SMILES string of the molecule is CCNC(=O)C(CC)N(Cc1ccc(Cl)c(Cl)c1)C(=O)COc1ccccc1C(C)(C)C. The van der Waals surface area contributed by atoms with Crippen LogP contribution in [0.1, 0.15) is 52.2 Å². The highest BCUT2D eigenvalue weighted by Gasteiger charge is 2.29. The van der Waals surface area contributed by atoms with Crippen molar-refractivity contribution in [3.63, 3.8) is 0 Å². The minimum absolute atomic E-state index is 0.133. The molecule has 7 heteroatoms. The molecular weight excluding hydrogens is 447 g/mol. The fourth-order valence-electron chi connectivity index (χ4n) is 3.48. The largest absolute Gasteiger partial charge is 0.483 e. The Bertz CT molecular complexity index is 941. The first kappa shape index (κ1) is 26.0. The van der Waals surface area contributed by atoms with Gasteiger partial charge < -0.3 is 15.0 Å². The molecule has 1 N–H and O–H groups in total. The Balaban J connectivity index is 2.29. The molecule has 0 bridgehead atoms. The van der Waals surface area contributed by atoms with Crippen molar-refractivity contribution < 1.29 is 14.3 Å². The predicted molar refractivity (Wildman–Crippen MR) is 130 cm³/mol. The molecule has 0 saturated carbocycles. The average Bonchev–Trinajstić information content (AvgIpc) is 2.74. The molecule has 5 nitrogen and oxygen atoms in total. The number of nitrogens with one attached hydrogen (secondary N) is 1. The van der Waals surface area contributed by atoms with E-state index in [0.29, 0.717) is 28.8 Å². The van der Waals surface area contributed by atoms with Crippen molar-refractivity contribution in [1.82, 2.24) is 10.2 Å². The number of amides is 2. The van der Waals surface area contributed by atoms with Crippen LogP contribution >= 0.6 is 23.2 Å². The van der Waals surface area contributed by atoms with E-state index < -0.39 is 6.04 Å². The molecule has 0 heterocycles. The van der Waals surface area contributed by atoms with Crippen molar-refractivity contribution in [3.8, 4) is 5.75 Å². The van der Waals surface area contributed by atoms with E-state index in [4.69, 9.17) is 27.9 Å². The van der Waals surface area contributed by atoms with E-state index in [9.17, 15) is 9.59 Å². The van der Waals surface area contributed by atoms with E-state index in [2.05, 4.69) is 26.1 Å². The van der Waals surface area contributed by atoms with Gasteiger partial charge in [0.2, 0.25) is 5.91 Å². The Hall–Kier alpha value is -2.24. The number of carbonyl (C=O) groups excluding carboxylic acids is 2. The van der Waals surface area contributed by atoms with Crippen LogP contribution in [-0.4, -0.2) is 35.9 Å². The Morgan fingerprint density at radius 3 is 2.34 bits per heavy atom. The van der Waals surface area contributed by atoms with Crippen molar-refractivity contribution in [1.29, 1.82) is 0 Å². The van der Waals surface area contributed by atoms with Crippen LogP contribution in [0.5, 0.6) is 5.75 Å². The van der Waals surface area contributed by atoms with Gasteiger partial charge in [-0.2, -0.15) is 0 Å². The van der Waals surface area contributed by atoms with E-state index in [1.807, 2.05) is 38.1 Å². The lowest BCUT2D eigenvalue weighted by Crippen LogP contribution is -2.50. The summed E-state index contributed by atoms with van der Waals surface area (Å²) in [6.07, 6.45) is 0.470. The lowest BCUT2D eigenvalue weighted by Gasteiger charge is -2.31. The van der Waals surface area contributed by atoms with Gasteiger partial charge in [-0.25, -0.2) is 0 Å². The van der Waals surface area contributed by atoms with Gasteiger partial charge >= 0.3 is 0 Å². The van der Waals surface area contributed by atoms with Gasteiger partial charge in [0.25, 0.3) is 5.91 Å². The topological polar surface area (TPSA) is 58.6 Å². The third-order valence-electron chi connectivity index (χ3n) is 5.12. The summed E-state index contributed by atoms with van der Waals surface area (Å²) in [6.45, 7) is 10.5. The maximum Gasteiger partial charge on any atom is 0.261 e. The molecule has 2 amide bonds. The molecular formula is C25H32Cl2N2O3. The number of ether oxygens (including phenoxy) is 1. The maximum absolute atomic E-state index is 13.3. The van der Waals surface area contributed by atoms with Crippen LogP contribution in [-0.2, 0) is 21.5 Å². The number of hydrogen-bond donors (Lipinski definition) is 1. The molecule has 0 aromatic heterocycles. The molecule has 0 radical (unpaired) electrons. The molecule has 32 heavy (non-hydrogen) atoms. The highest BCUT2D eigenvalue weighted by Crippen LogP contribution is 2.31. The smallest absolute Gasteiger partial charge is 0.261 e. The Morgan fingerprint density at radius 2 is 1.75 bits per heavy atom. The molecule has 0 aliphatic rings. The normalized spacial score (nSPS) is 12.2. The minimum atomic E-state index is -0.627. The number of hydrogen-bond acceptors (Lipinski definition) is 3. The summed E-state index contributed by atoms with van der Waals surface area (Å²) >= 11 is 12.2. The summed E-state index contributed by atoms with van der Waals surface area (Å²) in [7, 11) is 0. The van der Waals surface area contributed by atoms with E-state index in [-0.39, 0.29) is 30.4 Å². The third kappa shape index (κ3) is 6.88. The molecule has 0 aliphatic heterocycles. The van der Waals surface area contributed by atoms with Crippen molar-refractivity contribution in [2.45, 2.75) is 59.0 Å². The highest BCUT2D eigenvalue weighted by molar-refractivity contribution is 6.42. The second kappa shape index (κ2) is 11.6. The molecule has 1 unspecified atom stereocenters. The molecule has 1 atom stereocenters. The zero-order chi connectivity index (χ0) is 23.9. The van der Waals surface area contributed by atoms with E-state index >= 15 is 0 Å². The number of rotatable bonds is 9. The van der Waals surface area contributed by atoms with E-state index in [1.165, 1.54) is 0 Å². The molecule has 174 valence electrons. The summed E-state index contributed by atoms with van der Waals surface area (Å²) in [5.74, 6) is 0.185. The number of benzene rings is 2. The summed E-state index contributed by atoms with van der Waals surface area (Å²) in [6, 6.07) is 12.3. The van der Waals surface area contributed by atoms with Crippen molar-refractivity contribution in [2.75, 3.05) is 13.2 Å². The van der Waals surface area contributed by atoms with Gasteiger partial charge in [-0.15, -0.1) is 0 Å². The van der Waals surface area contributed by atoms with Gasteiger partial charge in [0, 0.05) is 13.1 Å². The predicted octanol–water partition coefficient (Wildman–Crippen LogP) is 5.61. The summed E-state index contributed by atoms with van der Waals surface area (Å²) in [5, 5.41) is 3.66. The van der Waals surface area contributed by atoms with Gasteiger partial charge in [-0.3, -0.25) is 9.59 Å². The van der Waals surface area contributed by atoms with Gasteiger partial charge in [0.1, 0.15) is 11.8 Å². The van der Waals surface area contributed by atoms with Gasteiger partial charge in [-0.1, -0.05) is 75.2 Å². The molecule has 2 aromatic carbocycles. The number of nitrogens with zero attached hydrogens (tertiary/aromatic N) is 1. The monoisotopic (exact) mass is 478 g/mol. The Kier molecular flexibility index (Phi) is 9.41. The van der Waals surface area contributed by atoms with Crippen molar-refractivity contribution in [2.24, 2.45) is 0 Å². The van der Waals surface area contributed by atoms with Crippen LogP contribution in [0.3, 0.4) is 0 Å². The minimum Gasteiger partial charge on any atom is -0.483 e. The Labute approximate surface area is 201 Å². The van der Waals surface area contributed by atoms with Crippen LogP contribution in [0, 0.1) is 0 Å². The molecule has 2 aromatic rings. The Morgan fingerprint density at radius 1 is 1.06 bits per heavy atom. The molecule has 0 fully saturated rings. The van der Waals surface area contributed by atoms with Gasteiger partial charge in [0.05, 0.1) is 10.0 Å². The third-order valence-corrected chi connectivity index (χ3v) is 5.86. The van der Waals surface area contributed by atoms with Crippen molar-refractivity contribution in [3.05, 3.63) is 63.6 Å². The zero-order valence-electron chi connectivity index (χ0n) is 19.4. The summed E-state index contributed by atoms with van der Waals surface area (Å²) < 4.78 is 5.95. The summed E-state index contributed by atoms with van der Waals surface area (Å²) in [4.78, 5) is 27.5. The first-order chi connectivity index (χ1) is 15.1.